The molecule has 5 heteroatoms. The Morgan fingerprint density at radius 3 is 2.53 bits per heavy atom. The summed E-state index contributed by atoms with van der Waals surface area (Å²) in [5.74, 6) is 0.664. The summed E-state index contributed by atoms with van der Waals surface area (Å²) in [6.07, 6.45) is 1.98. The Morgan fingerprint density at radius 2 is 2.12 bits per heavy atom. The first-order valence-electron chi connectivity index (χ1n) is 5.92. The Balaban J connectivity index is 2.72. The second kappa shape index (κ2) is 6.07. The Labute approximate surface area is 113 Å². The molecule has 17 heavy (non-hydrogen) atoms. The number of aromatic nitrogens is 2. The van der Waals surface area contributed by atoms with E-state index in [1.54, 1.807) is 4.68 Å². The van der Waals surface area contributed by atoms with Crippen LogP contribution in [0.4, 0.5) is 0 Å². The Kier molecular flexibility index (Phi) is 5.29. The number of rotatable bonds is 6. The molecule has 1 rings (SSSR count). The van der Waals surface area contributed by atoms with E-state index in [9.17, 15) is 0 Å². The summed E-state index contributed by atoms with van der Waals surface area (Å²) in [5, 5.41) is 8.55. The van der Waals surface area contributed by atoms with Gasteiger partial charge >= 0.3 is 0 Å². The summed E-state index contributed by atoms with van der Waals surface area (Å²) >= 11 is 12.0. The van der Waals surface area contributed by atoms with Crippen LogP contribution in [0.1, 0.15) is 37.9 Å². The van der Waals surface area contributed by atoms with Crippen LogP contribution in [0.2, 0.25) is 5.15 Å². The average molecular weight is 278 g/mol. The lowest BCUT2D eigenvalue weighted by atomic mass is 9.95. The zero-order valence-corrected chi connectivity index (χ0v) is 12.5. The highest BCUT2D eigenvalue weighted by Gasteiger charge is 2.22. The Morgan fingerprint density at radius 1 is 1.47 bits per heavy atom. The van der Waals surface area contributed by atoms with Crippen LogP contribution in [0.25, 0.3) is 0 Å². The van der Waals surface area contributed by atoms with E-state index >= 15 is 0 Å². The van der Waals surface area contributed by atoms with E-state index in [1.165, 1.54) is 0 Å². The molecule has 1 heterocycles. The van der Waals surface area contributed by atoms with Gasteiger partial charge in [0.2, 0.25) is 0 Å². The SMILES string of the molecule is CCC(C)(CCCl)NCc1c(C)nn(C)c1Cl. The fourth-order valence-corrected chi connectivity index (χ4v) is 2.43. The van der Waals surface area contributed by atoms with Crippen molar-refractivity contribution in [1.82, 2.24) is 15.1 Å². The zero-order valence-electron chi connectivity index (χ0n) is 11.0. The minimum Gasteiger partial charge on any atom is -0.307 e. The van der Waals surface area contributed by atoms with E-state index in [1.807, 2.05) is 14.0 Å². The maximum atomic E-state index is 6.20. The van der Waals surface area contributed by atoms with Gasteiger partial charge in [-0.15, -0.1) is 11.6 Å². The molecule has 3 nitrogen and oxygen atoms in total. The molecule has 0 bridgehead atoms. The number of hydrogen-bond donors (Lipinski definition) is 1. The van der Waals surface area contributed by atoms with Crippen molar-refractivity contribution in [2.24, 2.45) is 7.05 Å². The number of nitrogens with zero attached hydrogens (tertiary/aromatic N) is 2. The van der Waals surface area contributed by atoms with Crippen LogP contribution in [0.15, 0.2) is 0 Å². The van der Waals surface area contributed by atoms with Crippen LogP contribution < -0.4 is 5.32 Å². The highest BCUT2D eigenvalue weighted by atomic mass is 35.5. The van der Waals surface area contributed by atoms with Gasteiger partial charge < -0.3 is 5.32 Å². The highest BCUT2D eigenvalue weighted by molar-refractivity contribution is 6.30. The number of nitrogens with one attached hydrogen (secondary N) is 1. The van der Waals surface area contributed by atoms with Crippen molar-refractivity contribution in [1.29, 1.82) is 0 Å². The smallest absolute Gasteiger partial charge is 0.131 e. The van der Waals surface area contributed by atoms with Crippen LogP contribution in [0.5, 0.6) is 0 Å². The minimum atomic E-state index is 0.0629. The van der Waals surface area contributed by atoms with Crippen molar-refractivity contribution in [2.45, 2.75) is 45.7 Å². The lowest BCUT2D eigenvalue weighted by molar-refractivity contribution is 0.331. The molecule has 0 spiro atoms. The molecular formula is C12H21Cl2N3. The van der Waals surface area contributed by atoms with E-state index in [4.69, 9.17) is 23.2 Å². The minimum absolute atomic E-state index is 0.0629. The molecule has 1 unspecified atom stereocenters. The van der Waals surface area contributed by atoms with E-state index in [2.05, 4.69) is 24.3 Å². The molecule has 1 N–H and O–H groups in total. The summed E-state index contributed by atoms with van der Waals surface area (Å²) in [5.41, 5.74) is 2.12. The largest absolute Gasteiger partial charge is 0.307 e. The number of alkyl halides is 1. The van der Waals surface area contributed by atoms with Crippen molar-refractivity contribution in [3.05, 3.63) is 16.4 Å². The van der Waals surface area contributed by atoms with Gasteiger partial charge in [0, 0.05) is 30.6 Å². The summed E-state index contributed by atoms with van der Waals surface area (Å²) in [7, 11) is 1.86. The topological polar surface area (TPSA) is 29.9 Å². The van der Waals surface area contributed by atoms with Crippen LogP contribution in [-0.4, -0.2) is 21.2 Å². The maximum absolute atomic E-state index is 6.20. The predicted octanol–water partition coefficient (Wildman–Crippen LogP) is 3.27. The average Bonchev–Trinajstić information content (AvgIpc) is 2.52. The van der Waals surface area contributed by atoms with Gasteiger partial charge in [-0.05, 0) is 26.7 Å². The van der Waals surface area contributed by atoms with Gasteiger partial charge in [-0.3, -0.25) is 4.68 Å². The first-order valence-corrected chi connectivity index (χ1v) is 6.83. The van der Waals surface area contributed by atoms with Crippen LogP contribution in [-0.2, 0) is 13.6 Å². The number of aryl methyl sites for hydroxylation is 2. The molecule has 0 aliphatic carbocycles. The molecule has 1 aromatic rings. The maximum Gasteiger partial charge on any atom is 0.131 e. The second-order valence-corrected chi connectivity index (χ2v) is 5.42. The fourth-order valence-electron chi connectivity index (χ4n) is 1.78. The van der Waals surface area contributed by atoms with Gasteiger partial charge in [0.15, 0.2) is 0 Å². The fraction of sp³-hybridized carbons (Fsp3) is 0.750. The van der Waals surface area contributed by atoms with Gasteiger partial charge in [0.1, 0.15) is 5.15 Å². The molecule has 0 aliphatic rings. The van der Waals surface area contributed by atoms with E-state index in [0.717, 1.165) is 30.6 Å². The van der Waals surface area contributed by atoms with Gasteiger partial charge in [0.25, 0.3) is 0 Å². The van der Waals surface area contributed by atoms with Gasteiger partial charge in [-0.25, -0.2) is 0 Å². The summed E-state index contributed by atoms with van der Waals surface area (Å²) in [6, 6.07) is 0. The standard InChI is InChI=1S/C12H21Cl2N3/c1-5-12(3,6-7-13)15-8-10-9(2)16-17(4)11(10)14/h15H,5-8H2,1-4H3. The van der Waals surface area contributed by atoms with Crippen LogP contribution >= 0.6 is 23.2 Å². The van der Waals surface area contributed by atoms with Crippen molar-refractivity contribution >= 4 is 23.2 Å². The van der Waals surface area contributed by atoms with E-state index in [-0.39, 0.29) is 5.54 Å². The summed E-state index contributed by atoms with van der Waals surface area (Å²) in [6.45, 7) is 7.07. The molecular weight excluding hydrogens is 257 g/mol. The molecule has 98 valence electrons. The molecule has 1 aromatic heterocycles. The highest BCUT2D eigenvalue weighted by Crippen LogP contribution is 2.21. The zero-order chi connectivity index (χ0) is 13.1. The molecule has 1 atom stereocenters. The van der Waals surface area contributed by atoms with Gasteiger partial charge in [-0.1, -0.05) is 18.5 Å². The molecule has 0 amide bonds. The number of hydrogen-bond acceptors (Lipinski definition) is 2. The van der Waals surface area contributed by atoms with E-state index < -0.39 is 0 Å². The molecule has 0 fully saturated rings. The summed E-state index contributed by atoms with van der Waals surface area (Å²) < 4.78 is 1.71. The van der Waals surface area contributed by atoms with Crippen LogP contribution in [0.3, 0.4) is 0 Å². The summed E-state index contributed by atoms with van der Waals surface area (Å²) in [4.78, 5) is 0. The van der Waals surface area contributed by atoms with Gasteiger partial charge in [0.05, 0.1) is 5.69 Å². The third-order valence-corrected chi connectivity index (χ3v) is 4.05. The van der Waals surface area contributed by atoms with Crippen molar-refractivity contribution in [2.75, 3.05) is 5.88 Å². The van der Waals surface area contributed by atoms with Crippen molar-refractivity contribution in [3.8, 4) is 0 Å². The molecule has 0 radical (unpaired) electrons. The van der Waals surface area contributed by atoms with Crippen LogP contribution in [0, 0.1) is 6.92 Å². The lowest BCUT2D eigenvalue weighted by Gasteiger charge is -2.29. The second-order valence-electron chi connectivity index (χ2n) is 4.69. The third kappa shape index (κ3) is 3.60. The Bertz CT molecular complexity index is 376. The van der Waals surface area contributed by atoms with Gasteiger partial charge in [-0.2, -0.15) is 5.10 Å². The normalized spacial score (nSPS) is 14.9. The lowest BCUT2D eigenvalue weighted by Crippen LogP contribution is -2.41. The number of halogens is 2. The molecule has 0 aromatic carbocycles. The third-order valence-electron chi connectivity index (χ3n) is 3.39. The molecule has 0 saturated carbocycles. The molecule has 0 aliphatic heterocycles. The first kappa shape index (κ1) is 14.8. The quantitative estimate of drug-likeness (QED) is 0.809. The first-order chi connectivity index (χ1) is 7.93. The predicted molar refractivity (Wildman–Crippen MR) is 73.8 cm³/mol. The molecule has 0 saturated heterocycles. The monoisotopic (exact) mass is 277 g/mol. The Hall–Kier alpha value is -0.250. The van der Waals surface area contributed by atoms with Crippen molar-refractivity contribution in [3.63, 3.8) is 0 Å². The van der Waals surface area contributed by atoms with Crippen molar-refractivity contribution < 1.29 is 0 Å². The van der Waals surface area contributed by atoms with E-state index in [0.29, 0.717) is 11.0 Å².